The lowest BCUT2D eigenvalue weighted by Gasteiger charge is -2.30. The number of hydrogen-bond donors (Lipinski definition) is 2. The molecule has 0 heterocycles. The molecule has 1 aromatic carbocycles. The number of carbonyl (C=O) groups excluding carboxylic acids is 2. The summed E-state index contributed by atoms with van der Waals surface area (Å²) in [4.78, 5) is 24.8. The SMILES string of the molecule is CCCC(O)(CCC)C(=O)NN(C(=O)CCCl)c1ccccc1. The number of amides is 2. The third kappa shape index (κ3) is 5.52. The predicted molar refractivity (Wildman–Crippen MR) is 92.2 cm³/mol. The lowest BCUT2D eigenvalue weighted by Crippen LogP contribution is -2.55. The minimum absolute atomic E-state index is 0.0940. The molecule has 0 aromatic heterocycles. The normalized spacial score (nSPS) is 11.1. The molecule has 5 nitrogen and oxygen atoms in total. The van der Waals surface area contributed by atoms with Crippen molar-refractivity contribution in [1.82, 2.24) is 5.43 Å². The van der Waals surface area contributed by atoms with Crippen LogP contribution in [0.1, 0.15) is 46.0 Å². The van der Waals surface area contributed by atoms with Crippen LogP contribution in [0.4, 0.5) is 5.69 Å². The molecule has 0 spiro atoms. The van der Waals surface area contributed by atoms with E-state index >= 15 is 0 Å². The van der Waals surface area contributed by atoms with E-state index in [1.807, 2.05) is 19.9 Å². The van der Waals surface area contributed by atoms with Gasteiger partial charge in [0.05, 0.1) is 5.69 Å². The lowest BCUT2D eigenvalue weighted by molar-refractivity contribution is -0.143. The topological polar surface area (TPSA) is 69.6 Å². The summed E-state index contributed by atoms with van der Waals surface area (Å²) in [7, 11) is 0. The van der Waals surface area contributed by atoms with Crippen molar-refractivity contribution in [3.8, 4) is 0 Å². The Morgan fingerprint density at radius 2 is 1.74 bits per heavy atom. The van der Waals surface area contributed by atoms with Crippen molar-refractivity contribution in [3.05, 3.63) is 30.3 Å². The van der Waals surface area contributed by atoms with Crippen molar-refractivity contribution in [2.24, 2.45) is 0 Å². The molecular formula is C17H25ClN2O3. The third-order valence-corrected chi connectivity index (χ3v) is 3.72. The summed E-state index contributed by atoms with van der Waals surface area (Å²) >= 11 is 5.64. The van der Waals surface area contributed by atoms with Gasteiger partial charge in [0.2, 0.25) is 5.91 Å². The highest BCUT2D eigenvalue weighted by Gasteiger charge is 2.35. The van der Waals surface area contributed by atoms with Gasteiger partial charge in [0.15, 0.2) is 0 Å². The molecule has 23 heavy (non-hydrogen) atoms. The summed E-state index contributed by atoms with van der Waals surface area (Å²) in [5, 5.41) is 11.8. The summed E-state index contributed by atoms with van der Waals surface area (Å²) in [6.45, 7) is 3.81. The highest BCUT2D eigenvalue weighted by Crippen LogP contribution is 2.21. The van der Waals surface area contributed by atoms with Crippen LogP contribution in [0, 0.1) is 0 Å². The molecule has 2 N–H and O–H groups in total. The van der Waals surface area contributed by atoms with Gasteiger partial charge in [0.1, 0.15) is 5.60 Å². The van der Waals surface area contributed by atoms with Gasteiger partial charge in [-0.1, -0.05) is 44.9 Å². The highest BCUT2D eigenvalue weighted by atomic mass is 35.5. The minimum Gasteiger partial charge on any atom is -0.380 e. The van der Waals surface area contributed by atoms with Crippen LogP contribution in [0.5, 0.6) is 0 Å². The van der Waals surface area contributed by atoms with Gasteiger partial charge in [0, 0.05) is 12.3 Å². The number of rotatable bonds is 8. The van der Waals surface area contributed by atoms with Crippen molar-refractivity contribution in [1.29, 1.82) is 0 Å². The van der Waals surface area contributed by atoms with Crippen molar-refractivity contribution in [2.75, 3.05) is 10.9 Å². The molecule has 0 aliphatic rings. The average molecular weight is 341 g/mol. The van der Waals surface area contributed by atoms with Crippen molar-refractivity contribution in [3.63, 3.8) is 0 Å². The average Bonchev–Trinajstić information content (AvgIpc) is 2.53. The Balaban J connectivity index is 3.00. The molecular weight excluding hydrogens is 316 g/mol. The molecule has 0 saturated carbocycles. The van der Waals surface area contributed by atoms with Gasteiger partial charge in [-0.05, 0) is 25.0 Å². The molecule has 1 rings (SSSR count). The van der Waals surface area contributed by atoms with E-state index in [1.54, 1.807) is 24.3 Å². The number of anilines is 1. The highest BCUT2D eigenvalue weighted by molar-refractivity contribution is 6.19. The Kier molecular flexibility index (Phi) is 8.06. The molecule has 0 radical (unpaired) electrons. The number of aliphatic hydroxyl groups is 1. The number of para-hydroxylation sites is 1. The standard InChI is InChI=1S/C17H25ClN2O3/c1-3-11-17(23,12-4-2)16(22)19-20(15(21)10-13-18)14-8-6-5-7-9-14/h5-9,23H,3-4,10-13H2,1-2H3,(H,19,22). The number of nitrogens with zero attached hydrogens (tertiary/aromatic N) is 1. The van der Waals surface area contributed by atoms with Gasteiger partial charge in [-0.25, -0.2) is 5.01 Å². The van der Waals surface area contributed by atoms with Gasteiger partial charge in [0.25, 0.3) is 5.91 Å². The maximum atomic E-state index is 12.5. The van der Waals surface area contributed by atoms with E-state index in [-0.39, 0.29) is 18.2 Å². The number of carbonyl (C=O) groups is 2. The zero-order valence-electron chi connectivity index (χ0n) is 13.7. The van der Waals surface area contributed by atoms with Crippen LogP contribution in [-0.4, -0.2) is 28.4 Å². The molecule has 0 unspecified atom stereocenters. The molecule has 0 bridgehead atoms. The predicted octanol–water partition coefficient (Wildman–Crippen LogP) is 3.01. The molecule has 0 aliphatic heterocycles. The fourth-order valence-electron chi connectivity index (χ4n) is 2.43. The van der Waals surface area contributed by atoms with Crippen LogP contribution in [0.2, 0.25) is 0 Å². The first kappa shape index (κ1) is 19.5. The first-order valence-electron chi connectivity index (χ1n) is 7.96. The van der Waals surface area contributed by atoms with Crippen molar-refractivity contribution < 1.29 is 14.7 Å². The Morgan fingerprint density at radius 1 is 1.17 bits per heavy atom. The van der Waals surface area contributed by atoms with E-state index in [1.165, 1.54) is 5.01 Å². The molecule has 128 valence electrons. The fourth-order valence-corrected chi connectivity index (χ4v) is 2.59. The fraction of sp³-hybridized carbons (Fsp3) is 0.529. The van der Waals surface area contributed by atoms with Gasteiger partial charge in [-0.2, -0.15) is 0 Å². The maximum absolute atomic E-state index is 12.5. The zero-order valence-corrected chi connectivity index (χ0v) is 14.5. The Hall–Kier alpha value is -1.59. The maximum Gasteiger partial charge on any atom is 0.270 e. The monoisotopic (exact) mass is 340 g/mol. The summed E-state index contributed by atoms with van der Waals surface area (Å²) in [5.41, 5.74) is 1.62. The number of halogens is 1. The Bertz CT molecular complexity index is 502. The van der Waals surface area contributed by atoms with E-state index in [2.05, 4.69) is 5.43 Å². The van der Waals surface area contributed by atoms with E-state index in [0.717, 1.165) is 0 Å². The minimum atomic E-state index is -1.47. The van der Waals surface area contributed by atoms with Gasteiger partial charge >= 0.3 is 0 Å². The van der Waals surface area contributed by atoms with Crippen LogP contribution >= 0.6 is 11.6 Å². The van der Waals surface area contributed by atoms with E-state index in [9.17, 15) is 14.7 Å². The molecule has 0 saturated heterocycles. The van der Waals surface area contributed by atoms with E-state index in [0.29, 0.717) is 31.4 Å². The van der Waals surface area contributed by atoms with Gasteiger partial charge in [-0.15, -0.1) is 11.6 Å². The number of alkyl halides is 1. The van der Waals surface area contributed by atoms with Crippen LogP contribution in [0.15, 0.2) is 30.3 Å². The van der Waals surface area contributed by atoms with Crippen LogP contribution in [0.3, 0.4) is 0 Å². The number of benzene rings is 1. The molecule has 2 amide bonds. The Labute approximate surface area is 142 Å². The third-order valence-electron chi connectivity index (χ3n) is 3.54. The summed E-state index contributed by atoms with van der Waals surface area (Å²) in [5.74, 6) is -0.727. The van der Waals surface area contributed by atoms with E-state index in [4.69, 9.17) is 11.6 Å². The summed E-state index contributed by atoms with van der Waals surface area (Å²) < 4.78 is 0. The second kappa shape index (κ2) is 9.53. The van der Waals surface area contributed by atoms with Crippen molar-refractivity contribution in [2.45, 2.75) is 51.6 Å². The number of hydrazine groups is 1. The largest absolute Gasteiger partial charge is 0.380 e. The van der Waals surface area contributed by atoms with Gasteiger partial charge < -0.3 is 5.11 Å². The smallest absolute Gasteiger partial charge is 0.270 e. The summed E-state index contributed by atoms with van der Waals surface area (Å²) in [6.07, 6.45) is 2.13. The quantitative estimate of drug-likeness (QED) is 0.564. The Morgan fingerprint density at radius 3 is 2.22 bits per heavy atom. The molecule has 0 atom stereocenters. The van der Waals surface area contributed by atoms with Crippen LogP contribution in [-0.2, 0) is 9.59 Å². The molecule has 6 heteroatoms. The zero-order chi connectivity index (χ0) is 17.3. The van der Waals surface area contributed by atoms with Crippen LogP contribution < -0.4 is 10.4 Å². The number of nitrogens with one attached hydrogen (secondary N) is 1. The molecule has 0 aliphatic carbocycles. The van der Waals surface area contributed by atoms with E-state index < -0.39 is 11.5 Å². The first-order valence-corrected chi connectivity index (χ1v) is 8.49. The first-order chi connectivity index (χ1) is 11.0. The van der Waals surface area contributed by atoms with Gasteiger partial charge in [-0.3, -0.25) is 15.0 Å². The number of hydrogen-bond acceptors (Lipinski definition) is 3. The van der Waals surface area contributed by atoms with Crippen LogP contribution in [0.25, 0.3) is 0 Å². The second-order valence-electron chi connectivity index (χ2n) is 5.48. The van der Waals surface area contributed by atoms with Crippen molar-refractivity contribution >= 4 is 29.1 Å². The molecule has 0 fully saturated rings. The molecule has 1 aromatic rings. The lowest BCUT2D eigenvalue weighted by atomic mass is 9.92. The summed E-state index contributed by atoms with van der Waals surface area (Å²) in [6, 6.07) is 8.79. The second-order valence-corrected chi connectivity index (χ2v) is 5.85.